The fourth-order valence-electron chi connectivity index (χ4n) is 1.10. The molecule has 1 aromatic heterocycles. The molecule has 5 nitrogen and oxygen atoms in total. The van der Waals surface area contributed by atoms with Crippen molar-refractivity contribution in [2.24, 2.45) is 5.92 Å². The van der Waals surface area contributed by atoms with Crippen molar-refractivity contribution in [2.75, 3.05) is 6.54 Å². The smallest absolute Gasteiger partial charge is 0.226 e. The molecular weight excluding hydrogens is 194 g/mol. The lowest BCUT2D eigenvalue weighted by Gasteiger charge is -2.05. The fourth-order valence-corrected chi connectivity index (χ4v) is 1.10. The van der Waals surface area contributed by atoms with Gasteiger partial charge in [-0.15, -0.1) is 0 Å². The maximum absolute atomic E-state index is 11.2. The average Bonchev–Trinajstić information content (AvgIpc) is 2.58. The first-order valence-electron chi connectivity index (χ1n) is 5.16. The largest absolute Gasteiger partial charge is 0.356 e. The zero-order valence-corrected chi connectivity index (χ0v) is 9.41. The molecule has 84 valence electrons. The van der Waals surface area contributed by atoms with E-state index in [2.05, 4.69) is 15.5 Å². The van der Waals surface area contributed by atoms with Gasteiger partial charge in [-0.3, -0.25) is 4.79 Å². The summed E-state index contributed by atoms with van der Waals surface area (Å²) in [4.78, 5) is 15.3. The first kappa shape index (κ1) is 11.7. The quantitative estimate of drug-likeness (QED) is 0.740. The molecule has 0 radical (unpaired) electrons. The number of hydrogen-bond acceptors (Lipinski definition) is 4. The van der Waals surface area contributed by atoms with Gasteiger partial charge in [0.05, 0.1) is 0 Å². The summed E-state index contributed by atoms with van der Waals surface area (Å²) >= 11 is 0. The monoisotopic (exact) mass is 211 g/mol. The second-order valence-corrected chi connectivity index (χ2v) is 3.78. The number of aryl methyl sites for hydroxylation is 2. The predicted octanol–water partition coefficient (Wildman–Crippen LogP) is 1.08. The second kappa shape index (κ2) is 5.48. The summed E-state index contributed by atoms with van der Waals surface area (Å²) in [6.07, 6.45) is 1.53. The van der Waals surface area contributed by atoms with Gasteiger partial charge in [-0.25, -0.2) is 0 Å². The van der Waals surface area contributed by atoms with Crippen LogP contribution in [0.3, 0.4) is 0 Å². The molecule has 0 aliphatic heterocycles. The maximum Gasteiger partial charge on any atom is 0.226 e. The van der Waals surface area contributed by atoms with Crippen LogP contribution in [0.5, 0.6) is 0 Å². The number of aromatic nitrogens is 2. The Balaban J connectivity index is 2.15. The molecule has 0 aromatic carbocycles. The van der Waals surface area contributed by atoms with E-state index in [9.17, 15) is 4.79 Å². The van der Waals surface area contributed by atoms with Crippen LogP contribution < -0.4 is 5.32 Å². The third-order valence-electron chi connectivity index (χ3n) is 1.96. The van der Waals surface area contributed by atoms with E-state index in [1.807, 2.05) is 13.8 Å². The van der Waals surface area contributed by atoms with Crippen molar-refractivity contribution in [3.8, 4) is 0 Å². The van der Waals surface area contributed by atoms with E-state index < -0.39 is 0 Å². The molecule has 1 aromatic rings. The Labute approximate surface area is 89.2 Å². The molecule has 0 atom stereocenters. The van der Waals surface area contributed by atoms with Crippen LogP contribution >= 0.6 is 0 Å². The van der Waals surface area contributed by atoms with Gasteiger partial charge in [0.2, 0.25) is 11.8 Å². The van der Waals surface area contributed by atoms with Crippen molar-refractivity contribution < 1.29 is 9.32 Å². The molecule has 1 rings (SSSR count). The zero-order chi connectivity index (χ0) is 11.3. The van der Waals surface area contributed by atoms with Crippen LogP contribution in [0.4, 0.5) is 0 Å². The molecule has 0 saturated carbocycles. The molecule has 5 heteroatoms. The summed E-state index contributed by atoms with van der Waals surface area (Å²) in [5.41, 5.74) is 0. The molecule has 0 bridgehead atoms. The highest BCUT2D eigenvalue weighted by molar-refractivity contribution is 5.77. The number of amides is 1. The Morgan fingerprint density at radius 2 is 2.27 bits per heavy atom. The lowest BCUT2D eigenvalue weighted by Crippen LogP contribution is -2.28. The van der Waals surface area contributed by atoms with Crippen LogP contribution in [-0.4, -0.2) is 22.6 Å². The Morgan fingerprint density at radius 3 is 2.80 bits per heavy atom. The van der Waals surface area contributed by atoms with Crippen LogP contribution in [0, 0.1) is 12.8 Å². The number of hydrogen-bond donors (Lipinski definition) is 1. The highest BCUT2D eigenvalue weighted by Crippen LogP contribution is 1.99. The SMILES string of the molecule is Cc1noc(CCCNC(=O)C(C)C)n1. The van der Waals surface area contributed by atoms with Gasteiger partial charge >= 0.3 is 0 Å². The normalized spacial score (nSPS) is 10.7. The predicted molar refractivity (Wildman–Crippen MR) is 55.2 cm³/mol. The molecular formula is C10H17N3O2. The molecule has 0 fully saturated rings. The van der Waals surface area contributed by atoms with Gasteiger partial charge in [0, 0.05) is 18.9 Å². The van der Waals surface area contributed by atoms with Crippen molar-refractivity contribution in [3.05, 3.63) is 11.7 Å². The molecule has 1 heterocycles. The second-order valence-electron chi connectivity index (χ2n) is 3.78. The molecule has 1 amide bonds. The van der Waals surface area contributed by atoms with Crippen LogP contribution in [0.25, 0.3) is 0 Å². The lowest BCUT2D eigenvalue weighted by molar-refractivity contribution is -0.123. The molecule has 0 unspecified atom stereocenters. The van der Waals surface area contributed by atoms with E-state index in [4.69, 9.17) is 4.52 Å². The third kappa shape index (κ3) is 4.10. The molecule has 0 aliphatic carbocycles. The minimum Gasteiger partial charge on any atom is -0.356 e. The summed E-state index contributed by atoms with van der Waals surface area (Å²) in [6, 6.07) is 0. The van der Waals surface area contributed by atoms with E-state index in [1.54, 1.807) is 6.92 Å². The maximum atomic E-state index is 11.2. The van der Waals surface area contributed by atoms with Crippen LogP contribution in [0.15, 0.2) is 4.52 Å². The summed E-state index contributed by atoms with van der Waals surface area (Å²) in [5, 5.41) is 6.52. The van der Waals surface area contributed by atoms with E-state index >= 15 is 0 Å². The van der Waals surface area contributed by atoms with Crippen molar-refractivity contribution >= 4 is 5.91 Å². The topological polar surface area (TPSA) is 68.0 Å². The minimum absolute atomic E-state index is 0.0376. The van der Waals surface area contributed by atoms with Gasteiger partial charge in [0.25, 0.3) is 0 Å². The number of carbonyl (C=O) groups excluding carboxylic acids is 1. The Bertz CT molecular complexity index is 320. The fraction of sp³-hybridized carbons (Fsp3) is 0.700. The van der Waals surface area contributed by atoms with Gasteiger partial charge < -0.3 is 9.84 Å². The van der Waals surface area contributed by atoms with Crippen LogP contribution in [0.1, 0.15) is 32.0 Å². The van der Waals surface area contributed by atoms with Gasteiger partial charge in [-0.1, -0.05) is 19.0 Å². The number of carbonyl (C=O) groups is 1. The standard InChI is InChI=1S/C10H17N3O2/c1-7(2)10(14)11-6-4-5-9-12-8(3)13-15-9/h7H,4-6H2,1-3H3,(H,11,14). The van der Waals surface area contributed by atoms with Crippen molar-refractivity contribution in [3.63, 3.8) is 0 Å². The van der Waals surface area contributed by atoms with E-state index in [0.717, 1.165) is 6.42 Å². The number of rotatable bonds is 5. The third-order valence-corrected chi connectivity index (χ3v) is 1.96. The first-order valence-corrected chi connectivity index (χ1v) is 5.16. The molecule has 1 N–H and O–H groups in total. The van der Waals surface area contributed by atoms with Crippen LogP contribution in [0.2, 0.25) is 0 Å². The van der Waals surface area contributed by atoms with E-state index in [-0.39, 0.29) is 11.8 Å². The number of nitrogens with one attached hydrogen (secondary N) is 1. The van der Waals surface area contributed by atoms with Crippen molar-refractivity contribution in [1.82, 2.24) is 15.5 Å². The summed E-state index contributed by atoms with van der Waals surface area (Å²) < 4.78 is 4.94. The van der Waals surface area contributed by atoms with Crippen molar-refractivity contribution in [2.45, 2.75) is 33.6 Å². The van der Waals surface area contributed by atoms with Gasteiger partial charge in [0.15, 0.2) is 5.82 Å². The van der Waals surface area contributed by atoms with Gasteiger partial charge in [-0.05, 0) is 13.3 Å². The summed E-state index contributed by atoms with van der Waals surface area (Å²) in [5.74, 6) is 1.40. The van der Waals surface area contributed by atoms with Crippen LogP contribution in [-0.2, 0) is 11.2 Å². The molecule has 0 spiro atoms. The Hall–Kier alpha value is -1.39. The average molecular weight is 211 g/mol. The molecule has 15 heavy (non-hydrogen) atoms. The van der Waals surface area contributed by atoms with E-state index in [1.165, 1.54) is 0 Å². The summed E-state index contributed by atoms with van der Waals surface area (Å²) in [6.45, 7) is 6.18. The highest BCUT2D eigenvalue weighted by Gasteiger charge is 2.06. The zero-order valence-electron chi connectivity index (χ0n) is 9.41. The first-order chi connectivity index (χ1) is 7.09. The Morgan fingerprint density at radius 1 is 1.53 bits per heavy atom. The number of nitrogens with zero attached hydrogens (tertiary/aromatic N) is 2. The van der Waals surface area contributed by atoms with Gasteiger partial charge in [-0.2, -0.15) is 4.98 Å². The highest BCUT2D eigenvalue weighted by atomic mass is 16.5. The van der Waals surface area contributed by atoms with Gasteiger partial charge in [0.1, 0.15) is 0 Å². The summed E-state index contributed by atoms with van der Waals surface area (Å²) in [7, 11) is 0. The Kier molecular flexibility index (Phi) is 4.27. The van der Waals surface area contributed by atoms with Crippen molar-refractivity contribution in [1.29, 1.82) is 0 Å². The van der Waals surface area contributed by atoms with E-state index in [0.29, 0.717) is 24.7 Å². The lowest BCUT2D eigenvalue weighted by atomic mass is 10.2. The molecule has 0 saturated heterocycles. The minimum atomic E-state index is 0.0376. The molecule has 0 aliphatic rings.